The van der Waals surface area contributed by atoms with Crippen LogP contribution in [-0.2, 0) is 4.79 Å². The number of carboxylic acid groups (broad SMARTS) is 1. The molecular formula is C13H13FN2O3. The van der Waals surface area contributed by atoms with E-state index in [9.17, 15) is 14.0 Å². The molecule has 2 N–H and O–H groups in total. The highest BCUT2D eigenvalue weighted by Gasteiger charge is 2.23. The molecule has 0 aromatic heterocycles. The number of amides is 1. The average molecular weight is 264 g/mol. The van der Waals surface area contributed by atoms with E-state index < -0.39 is 29.7 Å². The van der Waals surface area contributed by atoms with Gasteiger partial charge in [0.05, 0.1) is 6.07 Å². The molecule has 0 aliphatic rings. The summed E-state index contributed by atoms with van der Waals surface area (Å²) in [7, 11) is 0. The monoisotopic (exact) mass is 264 g/mol. The van der Waals surface area contributed by atoms with Crippen molar-refractivity contribution < 1.29 is 19.1 Å². The third-order valence-corrected chi connectivity index (χ3v) is 2.50. The van der Waals surface area contributed by atoms with E-state index in [1.807, 2.05) is 6.07 Å². The molecule has 1 aromatic rings. The van der Waals surface area contributed by atoms with Gasteiger partial charge in [-0.2, -0.15) is 5.26 Å². The smallest absolute Gasteiger partial charge is 0.326 e. The Labute approximate surface area is 109 Å². The molecule has 0 fully saturated rings. The molecule has 0 heterocycles. The number of hydrogen-bond acceptors (Lipinski definition) is 3. The molecule has 5 nitrogen and oxygen atoms in total. The predicted molar refractivity (Wildman–Crippen MR) is 64.7 cm³/mol. The standard InChI is InChI=1S/C13H13FN2O3/c1-8(7-15)5-11(13(18)19)16-12(17)9-3-2-4-10(14)6-9/h2-4,6,8,11H,5H2,1H3,(H,16,17)(H,18,19)/t8-,11-/m1/s1. The van der Waals surface area contributed by atoms with Gasteiger partial charge in [-0.15, -0.1) is 0 Å². The number of carbonyl (C=O) groups is 2. The van der Waals surface area contributed by atoms with Gasteiger partial charge in [-0.3, -0.25) is 4.79 Å². The Kier molecular flexibility index (Phi) is 5.01. The van der Waals surface area contributed by atoms with E-state index in [0.29, 0.717) is 0 Å². The summed E-state index contributed by atoms with van der Waals surface area (Å²) in [5.74, 6) is -3.00. The highest BCUT2D eigenvalue weighted by atomic mass is 19.1. The molecule has 0 radical (unpaired) electrons. The number of carbonyl (C=O) groups excluding carboxylic acids is 1. The van der Waals surface area contributed by atoms with Gasteiger partial charge in [0, 0.05) is 11.5 Å². The molecule has 0 spiro atoms. The van der Waals surface area contributed by atoms with Crippen LogP contribution in [-0.4, -0.2) is 23.0 Å². The number of aliphatic carboxylic acids is 1. The van der Waals surface area contributed by atoms with Gasteiger partial charge < -0.3 is 10.4 Å². The van der Waals surface area contributed by atoms with Crippen LogP contribution < -0.4 is 5.32 Å². The lowest BCUT2D eigenvalue weighted by Gasteiger charge is -2.15. The van der Waals surface area contributed by atoms with E-state index in [4.69, 9.17) is 10.4 Å². The number of hydrogen-bond donors (Lipinski definition) is 2. The number of benzene rings is 1. The SMILES string of the molecule is C[C@@H](C#N)C[C@@H](NC(=O)c1cccc(F)c1)C(=O)O. The first kappa shape index (κ1) is 14.6. The van der Waals surface area contributed by atoms with Crippen molar-refractivity contribution in [1.82, 2.24) is 5.32 Å². The summed E-state index contributed by atoms with van der Waals surface area (Å²) < 4.78 is 12.9. The Bertz CT molecular complexity index is 525. The van der Waals surface area contributed by atoms with Crippen LogP contribution in [0.4, 0.5) is 4.39 Å². The number of rotatable bonds is 5. The third kappa shape index (κ3) is 4.39. The maximum atomic E-state index is 12.9. The largest absolute Gasteiger partial charge is 0.480 e. The molecule has 0 unspecified atom stereocenters. The molecule has 0 saturated heterocycles. The molecule has 6 heteroatoms. The van der Waals surface area contributed by atoms with Gasteiger partial charge in [-0.25, -0.2) is 9.18 Å². The van der Waals surface area contributed by atoms with Crippen molar-refractivity contribution in [1.29, 1.82) is 5.26 Å². The van der Waals surface area contributed by atoms with Crippen LogP contribution in [0.15, 0.2) is 24.3 Å². The second-order valence-electron chi connectivity index (χ2n) is 4.14. The lowest BCUT2D eigenvalue weighted by Crippen LogP contribution is -2.41. The molecule has 1 amide bonds. The van der Waals surface area contributed by atoms with E-state index in [1.54, 1.807) is 6.92 Å². The van der Waals surface area contributed by atoms with Crippen LogP contribution >= 0.6 is 0 Å². The molecule has 0 aliphatic heterocycles. The molecule has 0 bridgehead atoms. The van der Waals surface area contributed by atoms with Crippen LogP contribution in [0.5, 0.6) is 0 Å². The minimum absolute atomic E-state index is 0.00705. The zero-order chi connectivity index (χ0) is 14.4. The molecule has 0 saturated carbocycles. The quantitative estimate of drug-likeness (QED) is 0.844. The number of nitrogens with zero attached hydrogens (tertiary/aromatic N) is 1. The topological polar surface area (TPSA) is 90.2 Å². The summed E-state index contributed by atoms with van der Waals surface area (Å²) >= 11 is 0. The Morgan fingerprint density at radius 3 is 2.74 bits per heavy atom. The first-order valence-electron chi connectivity index (χ1n) is 5.63. The minimum Gasteiger partial charge on any atom is -0.480 e. The summed E-state index contributed by atoms with van der Waals surface area (Å²) in [4.78, 5) is 22.7. The summed E-state index contributed by atoms with van der Waals surface area (Å²) in [6, 6.07) is 5.66. The summed E-state index contributed by atoms with van der Waals surface area (Å²) in [6.07, 6.45) is -0.00705. The maximum absolute atomic E-state index is 12.9. The van der Waals surface area contributed by atoms with Crippen molar-refractivity contribution in [3.05, 3.63) is 35.6 Å². The lowest BCUT2D eigenvalue weighted by atomic mass is 10.0. The van der Waals surface area contributed by atoms with Crippen LogP contribution in [0.1, 0.15) is 23.7 Å². The van der Waals surface area contributed by atoms with Crippen molar-refractivity contribution in [3.63, 3.8) is 0 Å². The summed E-state index contributed by atoms with van der Waals surface area (Å²) in [5.41, 5.74) is 0.0378. The molecule has 19 heavy (non-hydrogen) atoms. The normalized spacial score (nSPS) is 13.1. The van der Waals surface area contributed by atoms with Gasteiger partial charge in [-0.05, 0) is 31.5 Å². The minimum atomic E-state index is -1.23. The zero-order valence-corrected chi connectivity index (χ0v) is 10.3. The van der Waals surface area contributed by atoms with Crippen LogP contribution in [0.2, 0.25) is 0 Å². The van der Waals surface area contributed by atoms with Crippen LogP contribution in [0.3, 0.4) is 0 Å². The number of carboxylic acids is 1. The van der Waals surface area contributed by atoms with E-state index in [-0.39, 0.29) is 12.0 Å². The predicted octanol–water partition coefficient (Wildman–Crippen LogP) is 1.56. The Morgan fingerprint density at radius 2 is 2.21 bits per heavy atom. The molecule has 2 atom stereocenters. The highest BCUT2D eigenvalue weighted by molar-refractivity contribution is 5.96. The van der Waals surface area contributed by atoms with Crippen molar-refractivity contribution in [2.75, 3.05) is 0 Å². The van der Waals surface area contributed by atoms with Gasteiger partial charge >= 0.3 is 5.97 Å². The van der Waals surface area contributed by atoms with Crippen molar-refractivity contribution >= 4 is 11.9 Å². The second kappa shape index (κ2) is 6.50. The maximum Gasteiger partial charge on any atom is 0.326 e. The Hall–Kier alpha value is -2.42. The Balaban J connectivity index is 2.77. The summed E-state index contributed by atoms with van der Waals surface area (Å²) in [6.45, 7) is 1.56. The summed E-state index contributed by atoms with van der Waals surface area (Å²) in [5, 5.41) is 19.9. The van der Waals surface area contributed by atoms with Gasteiger partial charge in [0.25, 0.3) is 5.91 Å². The van der Waals surface area contributed by atoms with Crippen molar-refractivity contribution in [2.45, 2.75) is 19.4 Å². The number of halogens is 1. The highest BCUT2D eigenvalue weighted by Crippen LogP contribution is 2.08. The molecule has 1 aromatic carbocycles. The number of nitriles is 1. The first-order chi connectivity index (χ1) is 8.93. The van der Waals surface area contributed by atoms with Gasteiger partial charge in [0.1, 0.15) is 11.9 Å². The molecular weight excluding hydrogens is 251 g/mol. The zero-order valence-electron chi connectivity index (χ0n) is 10.3. The average Bonchev–Trinajstić information content (AvgIpc) is 2.37. The third-order valence-electron chi connectivity index (χ3n) is 2.50. The van der Waals surface area contributed by atoms with Gasteiger partial charge in [0.2, 0.25) is 0 Å². The molecule has 1 rings (SSSR count). The van der Waals surface area contributed by atoms with Crippen LogP contribution in [0, 0.1) is 23.1 Å². The number of nitrogens with one attached hydrogen (secondary N) is 1. The lowest BCUT2D eigenvalue weighted by molar-refractivity contribution is -0.139. The van der Waals surface area contributed by atoms with E-state index >= 15 is 0 Å². The second-order valence-corrected chi connectivity index (χ2v) is 4.14. The molecule has 0 aliphatic carbocycles. The van der Waals surface area contributed by atoms with Crippen molar-refractivity contribution in [2.24, 2.45) is 5.92 Å². The van der Waals surface area contributed by atoms with E-state index in [2.05, 4.69) is 5.32 Å². The Morgan fingerprint density at radius 1 is 1.53 bits per heavy atom. The van der Waals surface area contributed by atoms with Crippen molar-refractivity contribution in [3.8, 4) is 6.07 Å². The van der Waals surface area contributed by atoms with E-state index in [0.717, 1.165) is 6.07 Å². The fourth-order valence-electron chi connectivity index (χ4n) is 1.50. The molecule has 100 valence electrons. The van der Waals surface area contributed by atoms with E-state index in [1.165, 1.54) is 18.2 Å². The fraction of sp³-hybridized carbons (Fsp3) is 0.308. The van der Waals surface area contributed by atoms with Gasteiger partial charge in [-0.1, -0.05) is 6.07 Å². The first-order valence-corrected chi connectivity index (χ1v) is 5.63. The fourth-order valence-corrected chi connectivity index (χ4v) is 1.50. The van der Waals surface area contributed by atoms with Gasteiger partial charge in [0.15, 0.2) is 0 Å². The van der Waals surface area contributed by atoms with Crippen LogP contribution in [0.25, 0.3) is 0 Å².